The fourth-order valence-corrected chi connectivity index (χ4v) is 1.65. The molecular weight excluding hydrogens is 184 g/mol. The molecule has 0 saturated heterocycles. The SMILES string of the molecule is CCCn1nc(C(C)(C)C)cc1C(C)C. The Labute approximate surface area is 93.7 Å². The molecule has 0 amide bonds. The van der Waals surface area contributed by atoms with Crippen LogP contribution in [0.4, 0.5) is 0 Å². The lowest BCUT2D eigenvalue weighted by Crippen LogP contribution is -2.13. The van der Waals surface area contributed by atoms with E-state index in [1.54, 1.807) is 0 Å². The minimum absolute atomic E-state index is 0.155. The first-order valence-corrected chi connectivity index (χ1v) is 5.94. The lowest BCUT2D eigenvalue weighted by Gasteiger charge is -2.14. The molecule has 15 heavy (non-hydrogen) atoms. The highest BCUT2D eigenvalue weighted by atomic mass is 15.3. The quantitative estimate of drug-likeness (QED) is 0.740. The van der Waals surface area contributed by atoms with Crippen molar-refractivity contribution in [1.82, 2.24) is 9.78 Å². The van der Waals surface area contributed by atoms with E-state index >= 15 is 0 Å². The number of aryl methyl sites for hydroxylation is 1. The summed E-state index contributed by atoms with van der Waals surface area (Å²) in [7, 11) is 0. The second-order valence-corrected chi connectivity index (χ2v) is 5.58. The van der Waals surface area contributed by atoms with Gasteiger partial charge in [0.2, 0.25) is 0 Å². The van der Waals surface area contributed by atoms with Crippen molar-refractivity contribution in [1.29, 1.82) is 0 Å². The maximum atomic E-state index is 4.71. The Hall–Kier alpha value is -0.790. The van der Waals surface area contributed by atoms with Crippen LogP contribution in [0.5, 0.6) is 0 Å². The van der Waals surface area contributed by atoms with E-state index in [9.17, 15) is 0 Å². The molecule has 1 aromatic rings. The third kappa shape index (κ3) is 2.83. The Bertz CT molecular complexity index is 316. The Morgan fingerprint density at radius 3 is 2.33 bits per heavy atom. The van der Waals surface area contributed by atoms with Crippen LogP contribution in [0.25, 0.3) is 0 Å². The number of hydrogen-bond donors (Lipinski definition) is 0. The normalized spacial score (nSPS) is 12.5. The Balaban J connectivity index is 3.09. The van der Waals surface area contributed by atoms with E-state index in [2.05, 4.69) is 52.3 Å². The van der Waals surface area contributed by atoms with Crippen LogP contribution in [0, 0.1) is 0 Å². The fourth-order valence-electron chi connectivity index (χ4n) is 1.65. The standard InChI is InChI=1S/C13H24N2/c1-7-8-15-11(10(2)3)9-12(14-15)13(4,5)6/h9-10H,7-8H2,1-6H3. The van der Waals surface area contributed by atoms with Crippen LogP contribution in [0.15, 0.2) is 6.07 Å². The molecule has 0 N–H and O–H groups in total. The lowest BCUT2D eigenvalue weighted by atomic mass is 9.92. The van der Waals surface area contributed by atoms with Crippen LogP contribution in [-0.4, -0.2) is 9.78 Å². The Morgan fingerprint density at radius 1 is 1.33 bits per heavy atom. The Morgan fingerprint density at radius 2 is 1.93 bits per heavy atom. The molecule has 1 rings (SSSR count). The summed E-state index contributed by atoms with van der Waals surface area (Å²) in [5, 5.41) is 4.71. The van der Waals surface area contributed by atoms with Gasteiger partial charge in [0.15, 0.2) is 0 Å². The van der Waals surface area contributed by atoms with Crippen LogP contribution in [-0.2, 0) is 12.0 Å². The van der Waals surface area contributed by atoms with E-state index in [4.69, 9.17) is 5.10 Å². The lowest BCUT2D eigenvalue weighted by molar-refractivity contribution is 0.515. The molecule has 0 atom stereocenters. The van der Waals surface area contributed by atoms with Gasteiger partial charge in [-0.25, -0.2) is 0 Å². The molecule has 0 bridgehead atoms. The van der Waals surface area contributed by atoms with E-state index in [1.165, 1.54) is 11.4 Å². The van der Waals surface area contributed by atoms with Gasteiger partial charge in [-0.05, 0) is 18.4 Å². The van der Waals surface area contributed by atoms with Crippen molar-refractivity contribution in [2.45, 2.75) is 65.8 Å². The van der Waals surface area contributed by atoms with Crippen molar-refractivity contribution < 1.29 is 0 Å². The maximum Gasteiger partial charge on any atom is 0.0680 e. The molecule has 0 unspecified atom stereocenters. The van der Waals surface area contributed by atoms with Gasteiger partial charge >= 0.3 is 0 Å². The van der Waals surface area contributed by atoms with Gasteiger partial charge in [0.1, 0.15) is 0 Å². The number of hydrogen-bond acceptors (Lipinski definition) is 1. The van der Waals surface area contributed by atoms with Crippen molar-refractivity contribution in [3.63, 3.8) is 0 Å². The van der Waals surface area contributed by atoms with E-state index in [-0.39, 0.29) is 5.41 Å². The van der Waals surface area contributed by atoms with Gasteiger partial charge in [-0.15, -0.1) is 0 Å². The van der Waals surface area contributed by atoms with Crippen LogP contribution >= 0.6 is 0 Å². The highest BCUT2D eigenvalue weighted by molar-refractivity contribution is 5.19. The first-order chi connectivity index (χ1) is 6.86. The van der Waals surface area contributed by atoms with Crippen molar-refractivity contribution in [3.8, 4) is 0 Å². The van der Waals surface area contributed by atoms with Gasteiger partial charge in [0.05, 0.1) is 5.69 Å². The third-order valence-electron chi connectivity index (χ3n) is 2.61. The fraction of sp³-hybridized carbons (Fsp3) is 0.769. The molecule has 0 aromatic carbocycles. The van der Waals surface area contributed by atoms with Crippen molar-refractivity contribution >= 4 is 0 Å². The molecular formula is C13H24N2. The summed E-state index contributed by atoms with van der Waals surface area (Å²) < 4.78 is 2.17. The predicted octanol–water partition coefficient (Wildman–Crippen LogP) is 3.71. The average Bonchev–Trinajstić information content (AvgIpc) is 2.48. The third-order valence-corrected chi connectivity index (χ3v) is 2.61. The summed E-state index contributed by atoms with van der Waals surface area (Å²) in [6.07, 6.45) is 1.14. The summed E-state index contributed by atoms with van der Waals surface area (Å²) in [6, 6.07) is 2.26. The summed E-state index contributed by atoms with van der Waals surface area (Å²) in [5.74, 6) is 0.556. The number of nitrogens with zero attached hydrogens (tertiary/aromatic N) is 2. The monoisotopic (exact) mass is 208 g/mol. The molecule has 0 fully saturated rings. The zero-order chi connectivity index (χ0) is 11.6. The molecule has 2 heteroatoms. The van der Waals surface area contributed by atoms with Crippen LogP contribution in [0.2, 0.25) is 0 Å². The number of rotatable bonds is 3. The zero-order valence-corrected chi connectivity index (χ0v) is 11.0. The molecule has 0 aliphatic heterocycles. The molecule has 2 nitrogen and oxygen atoms in total. The van der Waals surface area contributed by atoms with Gasteiger partial charge in [0, 0.05) is 17.7 Å². The minimum atomic E-state index is 0.155. The van der Waals surface area contributed by atoms with E-state index in [0.717, 1.165) is 13.0 Å². The van der Waals surface area contributed by atoms with Gasteiger partial charge in [0.25, 0.3) is 0 Å². The topological polar surface area (TPSA) is 17.8 Å². The average molecular weight is 208 g/mol. The molecule has 0 saturated carbocycles. The summed E-state index contributed by atoms with van der Waals surface area (Å²) in [6.45, 7) is 14.3. The van der Waals surface area contributed by atoms with Crippen LogP contribution < -0.4 is 0 Å². The molecule has 0 aliphatic rings. The summed E-state index contributed by atoms with van der Waals surface area (Å²) in [5.41, 5.74) is 2.73. The van der Waals surface area contributed by atoms with Gasteiger partial charge in [-0.1, -0.05) is 41.5 Å². The highest BCUT2D eigenvalue weighted by Gasteiger charge is 2.20. The largest absolute Gasteiger partial charge is 0.269 e. The second-order valence-electron chi connectivity index (χ2n) is 5.58. The van der Waals surface area contributed by atoms with Crippen molar-refractivity contribution in [2.75, 3.05) is 0 Å². The van der Waals surface area contributed by atoms with Gasteiger partial charge in [-0.3, -0.25) is 4.68 Å². The molecule has 1 heterocycles. The summed E-state index contributed by atoms with van der Waals surface area (Å²) in [4.78, 5) is 0. The van der Waals surface area contributed by atoms with Gasteiger partial charge in [-0.2, -0.15) is 5.10 Å². The smallest absolute Gasteiger partial charge is 0.0680 e. The second kappa shape index (κ2) is 4.38. The molecule has 0 radical (unpaired) electrons. The predicted molar refractivity (Wildman–Crippen MR) is 65.3 cm³/mol. The van der Waals surface area contributed by atoms with Crippen LogP contribution in [0.1, 0.15) is 65.3 Å². The molecule has 86 valence electrons. The van der Waals surface area contributed by atoms with Crippen LogP contribution in [0.3, 0.4) is 0 Å². The van der Waals surface area contributed by atoms with E-state index < -0.39 is 0 Å². The van der Waals surface area contributed by atoms with E-state index in [1.807, 2.05) is 0 Å². The zero-order valence-electron chi connectivity index (χ0n) is 11.0. The minimum Gasteiger partial charge on any atom is -0.269 e. The maximum absolute atomic E-state index is 4.71. The first kappa shape index (κ1) is 12.3. The highest BCUT2D eigenvalue weighted by Crippen LogP contribution is 2.25. The molecule has 0 aliphatic carbocycles. The van der Waals surface area contributed by atoms with Crippen molar-refractivity contribution in [2.24, 2.45) is 0 Å². The summed E-state index contributed by atoms with van der Waals surface area (Å²) >= 11 is 0. The van der Waals surface area contributed by atoms with Gasteiger partial charge < -0.3 is 0 Å². The molecule has 1 aromatic heterocycles. The number of aromatic nitrogens is 2. The Kier molecular flexibility index (Phi) is 3.58. The first-order valence-electron chi connectivity index (χ1n) is 5.94. The van der Waals surface area contributed by atoms with E-state index in [0.29, 0.717) is 5.92 Å². The van der Waals surface area contributed by atoms with Crippen molar-refractivity contribution in [3.05, 3.63) is 17.5 Å². The molecule has 0 spiro atoms.